The molecular formula is C23H26N2O3S. The van der Waals surface area contributed by atoms with Gasteiger partial charge in [0.25, 0.3) is 0 Å². The van der Waals surface area contributed by atoms with Crippen LogP contribution in [0.25, 0.3) is 11.3 Å². The first-order chi connectivity index (χ1) is 13.8. The Labute approximate surface area is 174 Å². The molecule has 1 heterocycles. The predicted octanol–water partition coefficient (Wildman–Crippen LogP) is 5.06. The van der Waals surface area contributed by atoms with Gasteiger partial charge >= 0.3 is 5.97 Å². The van der Waals surface area contributed by atoms with Gasteiger partial charge in [0.05, 0.1) is 17.5 Å². The summed E-state index contributed by atoms with van der Waals surface area (Å²) in [4.78, 5) is 29.6. The molecule has 5 nitrogen and oxygen atoms in total. The van der Waals surface area contributed by atoms with Crippen LogP contribution in [0, 0.1) is 37.5 Å². The van der Waals surface area contributed by atoms with Crippen LogP contribution in [0.5, 0.6) is 0 Å². The van der Waals surface area contributed by atoms with E-state index in [0.717, 1.165) is 29.7 Å². The highest BCUT2D eigenvalue weighted by Gasteiger charge is 2.57. The number of amides is 1. The minimum atomic E-state index is -0.869. The minimum absolute atomic E-state index is 0.0133. The maximum atomic E-state index is 13.1. The molecule has 2 N–H and O–H groups in total. The first kappa shape index (κ1) is 19.8. The third-order valence-electron chi connectivity index (χ3n) is 6.54. The lowest BCUT2D eigenvalue weighted by Crippen LogP contribution is -2.37. The molecule has 2 aromatic rings. The van der Waals surface area contributed by atoms with E-state index in [-0.39, 0.29) is 17.7 Å². The lowest BCUT2D eigenvalue weighted by Gasteiger charge is -2.25. The number of carbonyl (C=O) groups excluding carboxylic acids is 1. The van der Waals surface area contributed by atoms with Crippen LogP contribution in [0.4, 0.5) is 5.13 Å². The summed E-state index contributed by atoms with van der Waals surface area (Å²) in [5.41, 5.74) is 6.60. The Bertz CT molecular complexity index is 1020. The number of hydrogen-bond acceptors (Lipinski definition) is 4. The topological polar surface area (TPSA) is 79.3 Å². The molecular weight excluding hydrogens is 384 g/mol. The first-order valence-electron chi connectivity index (χ1n) is 10.0. The zero-order valence-electron chi connectivity index (χ0n) is 17.2. The van der Waals surface area contributed by atoms with Crippen molar-refractivity contribution in [3.63, 3.8) is 0 Å². The SMILES string of the molecule is CC(C)=C1[C@H]2CC[C@@H]1[C@H](C(=O)Nc1nc(-c3ccc(C)c(C)c3)cs1)[C@H]2C(=O)O. The zero-order valence-corrected chi connectivity index (χ0v) is 18.0. The lowest BCUT2D eigenvalue weighted by molar-refractivity contribution is -0.148. The highest BCUT2D eigenvalue weighted by atomic mass is 32.1. The number of thiazole rings is 1. The highest BCUT2D eigenvalue weighted by Crippen LogP contribution is 2.57. The number of hydrogen-bond donors (Lipinski definition) is 2. The number of aryl methyl sites for hydroxylation is 2. The van der Waals surface area contributed by atoms with Gasteiger partial charge in [-0.2, -0.15) is 0 Å². The zero-order chi connectivity index (χ0) is 20.9. The third kappa shape index (κ3) is 3.39. The van der Waals surface area contributed by atoms with Crippen molar-refractivity contribution in [2.75, 3.05) is 5.32 Å². The number of carboxylic acids is 1. The number of benzene rings is 1. The van der Waals surface area contributed by atoms with E-state index in [1.54, 1.807) is 0 Å². The smallest absolute Gasteiger partial charge is 0.307 e. The molecule has 4 atom stereocenters. The average Bonchev–Trinajstić information content (AvgIpc) is 3.36. The number of anilines is 1. The lowest BCUT2D eigenvalue weighted by atomic mass is 9.79. The van der Waals surface area contributed by atoms with Crippen LogP contribution in [-0.2, 0) is 9.59 Å². The fourth-order valence-electron chi connectivity index (χ4n) is 5.16. The van der Waals surface area contributed by atoms with Gasteiger partial charge in [-0.1, -0.05) is 23.3 Å². The quantitative estimate of drug-likeness (QED) is 0.691. The van der Waals surface area contributed by atoms with Crippen molar-refractivity contribution in [1.29, 1.82) is 0 Å². The molecule has 4 rings (SSSR count). The van der Waals surface area contributed by atoms with E-state index in [0.29, 0.717) is 5.13 Å². The molecule has 0 unspecified atom stereocenters. The monoisotopic (exact) mass is 410 g/mol. The Balaban J connectivity index is 1.57. The number of rotatable bonds is 4. The van der Waals surface area contributed by atoms with E-state index in [2.05, 4.69) is 36.3 Å². The highest BCUT2D eigenvalue weighted by molar-refractivity contribution is 7.14. The molecule has 2 bridgehead atoms. The average molecular weight is 411 g/mol. The number of aliphatic carboxylic acids is 1. The number of carboxylic acid groups (broad SMARTS) is 1. The van der Waals surface area contributed by atoms with Gasteiger partial charge < -0.3 is 10.4 Å². The summed E-state index contributed by atoms with van der Waals surface area (Å²) in [6.07, 6.45) is 1.75. The van der Waals surface area contributed by atoms with Crippen molar-refractivity contribution < 1.29 is 14.7 Å². The molecule has 1 amide bonds. The van der Waals surface area contributed by atoms with Crippen LogP contribution in [-0.4, -0.2) is 22.0 Å². The van der Waals surface area contributed by atoms with Gasteiger partial charge in [0, 0.05) is 10.9 Å². The molecule has 0 saturated heterocycles. The van der Waals surface area contributed by atoms with Crippen LogP contribution in [0.2, 0.25) is 0 Å². The van der Waals surface area contributed by atoms with E-state index < -0.39 is 17.8 Å². The Morgan fingerprint density at radius 1 is 1.10 bits per heavy atom. The van der Waals surface area contributed by atoms with Gasteiger partial charge in [0.1, 0.15) is 0 Å². The van der Waals surface area contributed by atoms with E-state index in [1.165, 1.54) is 28.0 Å². The second-order valence-electron chi connectivity index (χ2n) is 8.46. The Morgan fingerprint density at radius 3 is 2.41 bits per heavy atom. The predicted molar refractivity (Wildman–Crippen MR) is 115 cm³/mol. The molecule has 0 radical (unpaired) electrons. The van der Waals surface area contributed by atoms with Crippen LogP contribution in [0.15, 0.2) is 34.7 Å². The number of nitrogens with one attached hydrogen (secondary N) is 1. The van der Waals surface area contributed by atoms with Gasteiger partial charge in [0.2, 0.25) is 5.91 Å². The van der Waals surface area contributed by atoms with Crippen LogP contribution >= 0.6 is 11.3 Å². The van der Waals surface area contributed by atoms with Gasteiger partial charge in [-0.3, -0.25) is 9.59 Å². The summed E-state index contributed by atoms with van der Waals surface area (Å²) in [5, 5.41) is 15.2. The van der Waals surface area contributed by atoms with Crippen molar-refractivity contribution in [3.05, 3.63) is 45.9 Å². The molecule has 0 spiro atoms. The third-order valence-corrected chi connectivity index (χ3v) is 7.30. The summed E-state index contributed by atoms with van der Waals surface area (Å²) < 4.78 is 0. The summed E-state index contributed by atoms with van der Waals surface area (Å²) in [5.74, 6) is -2.23. The van der Waals surface area contributed by atoms with Crippen molar-refractivity contribution in [3.8, 4) is 11.3 Å². The molecule has 29 heavy (non-hydrogen) atoms. The number of aromatic nitrogens is 1. The summed E-state index contributed by atoms with van der Waals surface area (Å²) in [7, 11) is 0. The fourth-order valence-corrected chi connectivity index (χ4v) is 5.88. The summed E-state index contributed by atoms with van der Waals surface area (Å²) in [6.45, 7) is 8.18. The fraction of sp³-hybridized carbons (Fsp3) is 0.435. The van der Waals surface area contributed by atoms with Gasteiger partial charge in [-0.15, -0.1) is 11.3 Å². The second-order valence-corrected chi connectivity index (χ2v) is 9.32. The molecule has 152 valence electrons. The molecule has 2 saturated carbocycles. The maximum Gasteiger partial charge on any atom is 0.307 e. The maximum absolute atomic E-state index is 13.1. The van der Waals surface area contributed by atoms with E-state index >= 15 is 0 Å². The van der Waals surface area contributed by atoms with Crippen LogP contribution in [0.1, 0.15) is 37.8 Å². The number of allylic oxidation sites excluding steroid dienone is 2. The van der Waals surface area contributed by atoms with E-state index in [1.807, 2.05) is 25.3 Å². The van der Waals surface area contributed by atoms with Crippen molar-refractivity contribution in [2.24, 2.45) is 23.7 Å². The molecule has 2 aliphatic rings. The molecule has 6 heteroatoms. The van der Waals surface area contributed by atoms with Gasteiger partial charge in [-0.25, -0.2) is 4.98 Å². The molecule has 2 aliphatic carbocycles. The van der Waals surface area contributed by atoms with Crippen molar-refractivity contribution in [2.45, 2.75) is 40.5 Å². The van der Waals surface area contributed by atoms with Crippen molar-refractivity contribution in [1.82, 2.24) is 4.98 Å². The molecule has 0 aliphatic heterocycles. The largest absolute Gasteiger partial charge is 0.481 e. The standard InChI is InChI=1S/C23H26N2O3S/c1-11(2)18-15-7-8-16(18)20(22(27)28)19(15)21(26)25-23-24-17(10-29-23)14-6-5-12(3)13(4)9-14/h5-6,9-10,15-16,19-20H,7-8H2,1-4H3,(H,27,28)(H,24,25,26)/t15-,16+,19-,20-/m0/s1. The van der Waals surface area contributed by atoms with Crippen LogP contribution in [0.3, 0.4) is 0 Å². The Morgan fingerprint density at radius 2 is 1.79 bits per heavy atom. The number of nitrogens with zero attached hydrogens (tertiary/aromatic N) is 1. The summed E-state index contributed by atoms with van der Waals surface area (Å²) >= 11 is 1.38. The van der Waals surface area contributed by atoms with Gasteiger partial charge in [0.15, 0.2) is 5.13 Å². The van der Waals surface area contributed by atoms with Crippen molar-refractivity contribution >= 4 is 28.3 Å². The van der Waals surface area contributed by atoms with E-state index in [9.17, 15) is 14.7 Å². The number of carbonyl (C=O) groups is 2. The van der Waals surface area contributed by atoms with E-state index in [4.69, 9.17) is 0 Å². The second kappa shape index (κ2) is 7.41. The molecule has 2 fully saturated rings. The first-order valence-corrected chi connectivity index (χ1v) is 10.9. The Kier molecular flexibility index (Phi) is 5.07. The van der Waals surface area contributed by atoms with Gasteiger partial charge in [-0.05, 0) is 69.6 Å². The normalized spacial score (nSPS) is 25.3. The molecule has 1 aromatic heterocycles. The Hall–Kier alpha value is -2.47. The molecule has 1 aromatic carbocycles. The summed E-state index contributed by atoms with van der Waals surface area (Å²) in [6, 6.07) is 6.18. The van der Waals surface area contributed by atoms with Crippen LogP contribution < -0.4 is 5.32 Å². The number of fused-ring (bicyclic) bond motifs is 2. The minimum Gasteiger partial charge on any atom is -0.481 e.